The maximum Gasteiger partial charge on any atom is 0.241 e. The predicted molar refractivity (Wildman–Crippen MR) is 98.7 cm³/mol. The van der Waals surface area contributed by atoms with Gasteiger partial charge < -0.3 is 9.32 Å². The van der Waals surface area contributed by atoms with Gasteiger partial charge in [0.15, 0.2) is 9.84 Å². The second kappa shape index (κ2) is 6.25. The van der Waals surface area contributed by atoms with E-state index in [2.05, 4.69) is 0 Å². The van der Waals surface area contributed by atoms with E-state index in [0.717, 1.165) is 22.6 Å². The van der Waals surface area contributed by atoms with Crippen LogP contribution in [0.1, 0.15) is 16.9 Å². The van der Waals surface area contributed by atoms with E-state index in [0.29, 0.717) is 6.54 Å². The summed E-state index contributed by atoms with van der Waals surface area (Å²) in [6.07, 6.45) is 1.59. The smallest absolute Gasteiger partial charge is 0.241 e. The fourth-order valence-corrected chi connectivity index (χ4v) is 6.14. The molecule has 6 nitrogen and oxygen atoms in total. The van der Waals surface area contributed by atoms with Crippen LogP contribution in [-0.2, 0) is 21.2 Å². The molecule has 138 valence electrons. The molecule has 0 bridgehead atoms. The first-order valence-corrected chi connectivity index (χ1v) is 10.5. The minimum atomic E-state index is -3.19. The number of hydrogen-bond donors (Lipinski definition) is 0. The molecule has 0 unspecified atom stereocenters. The Morgan fingerprint density at radius 3 is 2.46 bits per heavy atom. The molecule has 7 heteroatoms. The van der Waals surface area contributed by atoms with E-state index in [1.807, 2.05) is 43.0 Å². The molecule has 2 aromatic rings. The minimum Gasteiger partial charge on any atom is -0.468 e. The van der Waals surface area contributed by atoms with Gasteiger partial charge in [-0.25, -0.2) is 8.42 Å². The highest BCUT2D eigenvalue weighted by atomic mass is 32.2. The van der Waals surface area contributed by atoms with Gasteiger partial charge in [0, 0.05) is 11.7 Å². The molecule has 0 N–H and O–H groups in total. The van der Waals surface area contributed by atoms with Crippen molar-refractivity contribution < 1.29 is 17.6 Å². The standard InChI is InChI=1S/C19H22N2O4S/c1-13-6-14(2)8-15(7-13)21-18-12-26(23,24)11-17(18)20(10-19(21)22)9-16-4-3-5-25-16/h3-8,17-18H,9-12H2,1-2H3/t17-,18+/m0/s1. The molecule has 1 aromatic carbocycles. The van der Waals surface area contributed by atoms with Crippen LogP contribution >= 0.6 is 0 Å². The van der Waals surface area contributed by atoms with Crippen molar-refractivity contribution in [3.8, 4) is 0 Å². The number of carbonyl (C=O) groups is 1. The van der Waals surface area contributed by atoms with E-state index in [4.69, 9.17) is 4.42 Å². The SMILES string of the molecule is Cc1cc(C)cc(N2C(=O)CN(Cc3ccco3)[C@H]3CS(=O)(=O)C[C@H]32)c1. The second-order valence-electron chi connectivity index (χ2n) is 7.31. The van der Waals surface area contributed by atoms with Gasteiger partial charge in [0.25, 0.3) is 0 Å². The summed E-state index contributed by atoms with van der Waals surface area (Å²) in [5.74, 6) is 0.749. The van der Waals surface area contributed by atoms with Crippen LogP contribution in [0.3, 0.4) is 0 Å². The number of nitrogens with zero attached hydrogens (tertiary/aromatic N) is 2. The van der Waals surface area contributed by atoms with Gasteiger partial charge in [-0.1, -0.05) is 6.07 Å². The third-order valence-corrected chi connectivity index (χ3v) is 6.82. The molecule has 0 saturated carbocycles. The van der Waals surface area contributed by atoms with Crippen LogP contribution in [-0.4, -0.2) is 49.4 Å². The fraction of sp³-hybridized carbons (Fsp3) is 0.421. The number of furan rings is 1. The molecule has 2 atom stereocenters. The topological polar surface area (TPSA) is 70.8 Å². The zero-order valence-corrected chi connectivity index (χ0v) is 15.7. The van der Waals surface area contributed by atoms with Crippen molar-refractivity contribution in [2.45, 2.75) is 32.5 Å². The molecule has 0 aliphatic carbocycles. The molecule has 1 amide bonds. The number of sulfone groups is 1. The molecule has 2 aliphatic rings. The Balaban J connectivity index is 1.71. The van der Waals surface area contributed by atoms with Crippen LogP contribution in [0.25, 0.3) is 0 Å². The Bertz CT molecular complexity index is 916. The first kappa shape index (κ1) is 17.3. The maximum absolute atomic E-state index is 13.0. The maximum atomic E-state index is 13.0. The van der Waals surface area contributed by atoms with E-state index in [9.17, 15) is 13.2 Å². The van der Waals surface area contributed by atoms with Crippen LogP contribution in [0.2, 0.25) is 0 Å². The molecule has 3 heterocycles. The number of hydrogen-bond acceptors (Lipinski definition) is 5. The number of fused-ring (bicyclic) bond motifs is 1. The molecule has 2 fully saturated rings. The quantitative estimate of drug-likeness (QED) is 0.821. The lowest BCUT2D eigenvalue weighted by atomic mass is 10.0. The van der Waals surface area contributed by atoms with Gasteiger partial charge >= 0.3 is 0 Å². The highest BCUT2D eigenvalue weighted by Crippen LogP contribution is 2.33. The van der Waals surface area contributed by atoms with E-state index < -0.39 is 9.84 Å². The zero-order chi connectivity index (χ0) is 18.5. The Hall–Kier alpha value is -2.12. The van der Waals surface area contributed by atoms with Crippen LogP contribution in [0.4, 0.5) is 5.69 Å². The molecule has 2 aliphatic heterocycles. The number of carbonyl (C=O) groups excluding carboxylic acids is 1. The number of anilines is 1. The Morgan fingerprint density at radius 2 is 1.81 bits per heavy atom. The lowest BCUT2D eigenvalue weighted by Crippen LogP contribution is -2.61. The Morgan fingerprint density at radius 1 is 1.12 bits per heavy atom. The van der Waals surface area contributed by atoms with Gasteiger partial charge in [0.2, 0.25) is 5.91 Å². The third-order valence-electron chi connectivity index (χ3n) is 5.12. The van der Waals surface area contributed by atoms with Crippen molar-refractivity contribution in [2.75, 3.05) is 23.0 Å². The Kier molecular flexibility index (Phi) is 4.16. The highest BCUT2D eigenvalue weighted by Gasteiger charge is 2.49. The molecule has 2 saturated heterocycles. The van der Waals surface area contributed by atoms with Gasteiger partial charge in [-0.05, 0) is 49.2 Å². The summed E-state index contributed by atoms with van der Waals surface area (Å²) < 4.78 is 30.1. The lowest BCUT2D eigenvalue weighted by molar-refractivity contribution is -0.123. The molecular weight excluding hydrogens is 352 g/mol. The first-order chi connectivity index (χ1) is 12.3. The lowest BCUT2D eigenvalue weighted by Gasteiger charge is -2.43. The summed E-state index contributed by atoms with van der Waals surface area (Å²) >= 11 is 0. The largest absolute Gasteiger partial charge is 0.468 e. The molecule has 4 rings (SSSR count). The summed E-state index contributed by atoms with van der Waals surface area (Å²) in [7, 11) is -3.19. The summed E-state index contributed by atoms with van der Waals surface area (Å²) in [6.45, 7) is 4.59. The first-order valence-electron chi connectivity index (χ1n) is 8.70. The van der Waals surface area contributed by atoms with E-state index >= 15 is 0 Å². The van der Waals surface area contributed by atoms with Crippen LogP contribution < -0.4 is 4.90 Å². The highest BCUT2D eigenvalue weighted by molar-refractivity contribution is 7.91. The van der Waals surface area contributed by atoms with Gasteiger partial charge in [-0.2, -0.15) is 0 Å². The number of piperazine rings is 1. The second-order valence-corrected chi connectivity index (χ2v) is 9.46. The average Bonchev–Trinajstić information content (AvgIpc) is 3.13. The molecule has 1 aromatic heterocycles. The van der Waals surface area contributed by atoms with Crippen molar-refractivity contribution in [3.63, 3.8) is 0 Å². The molecule has 0 spiro atoms. The average molecular weight is 374 g/mol. The molecule has 26 heavy (non-hydrogen) atoms. The van der Waals surface area contributed by atoms with E-state index in [1.54, 1.807) is 17.2 Å². The van der Waals surface area contributed by atoms with Gasteiger partial charge in [-0.15, -0.1) is 0 Å². The fourth-order valence-electron chi connectivity index (χ4n) is 4.16. The van der Waals surface area contributed by atoms with Gasteiger partial charge in [0.1, 0.15) is 5.76 Å². The van der Waals surface area contributed by atoms with Crippen molar-refractivity contribution in [3.05, 3.63) is 53.5 Å². The number of rotatable bonds is 3. The molecule has 0 radical (unpaired) electrons. The number of benzene rings is 1. The van der Waals surface area contributed by atoms with Crippen LogP contribution in [0.5, 0.6) is 0 Å². The minimum absolute atomic E-state index is 0.00501. The van der Waals surface area contributed by atoms with Gasteiger partial charge in [0.05, 0.1) is 36.9 Å². The molecular formula is C19H22N2O4S. The van der Waals surface area contributed by atoms with Crippen molar-refractivity contribution in [2.24, 2.45) is 0 Å². The third kappa shape index (κ3) is 3.17. The summed E-state index contributed by atoms with van der Waals surface area (Å²) in [5, 5.41) is 0. The van der Waals surface area contributed by atoms with Crippen LogP contribution in [0.15, 0.2) is 41.0 Å². The van der Waals surface area contributed by atoms with E-state index in [1.165, 1.54) is 0 Å². The Labute approximate surface area is 153 Å². The zero-order valence-electron chi connectivity index (χ0n) is 14.9. The normalized spacial score (nSPS) is 25.5. The van der Waals surface area contributed by atoms with Crippen molar-refractivity contribution >= 4 is 21.4 Å². The van der Waals surface area contributed by atoms with Crippen molar-refractivity contribution in [1.82, 2.24) is 4.90 Å². The monoisotopic (exact) mass is 374 g/mol. The van der Waals surface area contributed by atoms with Crippen molar-refractivity contribution in [1.29, 1.82) is 0 Å². The summed E-state index contributed by atoms with van der Waals surface area (Å²) in [6, 6.07) is 9.01. The summed E-state index contributed by atoms with van der Waals surface area (Å²) in [5.41, 5.74) is 2.91. The number of amides is 1. The van der Waals surface area contributed by atoms with Crippen LogP contribution in [0, 0.1) is 13.8 Å². The van der Waals surface area contributed by atoms with E-state index in [-0.39, 0.29) is 36.0 Å². The van der Waals surface area contributed by atoms with Gasteiger partial charge in [-0.3, -0.25) is 9.69 Å². The summed E-state index contributed by atoms with van der Waals surface area (Å²) in [4.78, 5) is 16.6. The predicted octanol–water partition coefficient (Wildman–Crippen LogP) is 1.91. The number of aryl methyl sites for hydroxylation is 2.